The van der Waals surface area contributed by atoms with E-state index in [1.807, 2.05) is 0 Å². The van der Waals surface area contributed by atoms with Crippen molar-refractivity contribution in [1.82, 2.24) is 14.6 Å². The maximum Gasteiger partial charge on any atom is 0.459 e. The zero-order chi connectivity index (χ0) is 30.2. The topological polar surface area (TPSA) is 184 Å². The lowest BCUT2D eigenvalue weighted by Crippen LogP contribution is -2.53. The Bertz CT molecular complexity index is 1290. The number of aromatic nitrogens is 2. The van der Waals surface area contributed by atoms with E-state index < -0.39 is 61.6 Å². The van der Waals surface area contributed by atoms with Crippen LogP contribution in [0.1, 0.15) is 59.6 Å². The molecular formula is C27H41N4O9P. The van der Waals surface area contributed by atoms with Crippen molar-refractivity contribution in [3.63, 3.8) is 0 Å². The van der Waals surface area contributed by atoms with Crippen LogP contribution in [0.25, 0.3) is 0 Å². The van der Waals surface area contributed by atoms with Gasteiger partial charge in [-0.05, 0) is 44.7 Å². The van der Waals surface area contributed by atoms with Crippen molar-refractivity contribution in [2.24, 2.45) is 11.7 Å². The number of hydrogen-bond acceptors (Lipinski definition) is 10. The van der Waals surface area contributed by atoms with Crippen LogP contribution in [0.2, 0.25) is 0 Å². The van der Waals surface area contributed by atoms with Crippen molar-refractivity contribution in [2.45, 2.75) is 83.4 Å². The first-order valence-electron chi connectivity index (χ1n) is 13.8. The Morgan fingerprint density at radius 1 is 1.22 bits per heavy atom. The number of benzene rings is 1. The van der Waals surface area contributed by atoms with E-state index in [0.717, 1.165) is 36.3 Å². The van der Waals surface area contributed by atoms with Crippen LogP contribution in [0.5, 0.6) is 5.75 Å². The van der Waals surface area contributed by atoms with Crippen molar-refractivity contribution in [2.75, 3.05) is 13.2 Å². The summed E-state index contributed by atoms with van der Waals surface area (Å²) >= 11 is 0. The minimum atomic E-state index is -4.25. The highest BCUT2D eigenvalue weighted by atomic mass is 31.2. The van der Waals surface area contributed by atoms with E-state index in [2.05, 4.69) is 23.9 Å². The van der Waals surface area contributed by atoms with Gasteiger partial charge in [-0.1, -0.05) is 44.9 Å². The number of nitrogens with two attached hydrogens (primary N) is 1. The van der Waals surface area contributed by atoms with Crippen molar-refractivity contribution in [3.8, 4) is 5.75 Å². The van der Waals surface area contributed by atoms with E-state index in [0.29, 0.717) is 0 Å². The molecule has 0 spiro atoms. The van der Waals surface area contributed by atoms with Gasteiger partial charge in [-0.25, -0.2) is 9.36 Å². The summed E-state index contributed by atoms with van der Waals surface area (Å²) < 4.78 is 37.6. The number of ether oxygens (including phenoxy) is 2. The summed E-state index contributed by atoms with van der Waals surface area (Å²) in [4.78, 5) is 38.7. The molecule has 41 heavy (non-hydrogen) atoms. The molecule has 1 fully saturated rings. The highest BCUT2D eigenvalue weighted by molar-refractivity contribution is 7.52. The number of esters is 1. The second-order valence-corrected chi connectivity index (χ2v) is 12.2. The first-order valence-corrected chi connectivity index (χ1v) is 15.3. The van der Waals surface area contributed by atoms with Crippen LogP contribution in [0, 0.1) is 5.92 Å². The van der Waals surface area contributed by atoms with E-state index in [1.54, 1.807) is 30.3 Å². The fourth-order valence-corrected chi connectivity index (χ4v) is 6.17. The number of aromatic amines is 1. The fourth-order valence-electron chi connectivity index (χ4n) is 4.66. The third kappa shape index (κ3) is 8.60. The molecule has 14 heteroatoms. The molecular weight excluding hydrogens is 555 g/mol. The average Bonchev–Trinajstić information content (AvgIpc) is 3.14. The Labute approximate surface area is 238 Å². The van der Waals surface area contributed by atoms with Crippen LogP contribution < -0.4 is 26.6 Å². The molecule has 0 bridgehead atoms. The molecule has 13 nitrogen and oxygen atoms in total. The molecule has 1 saturated heterocycles. The number of nitrogens with one attached hydrogen (secondary N) is 2. The van der Waals surface area contributed by atoms with Gasteiger partial charge in [0, 0.05) is 12.3 Å². The van der Waals surface area contributed by atoms with E-state index in [4.69, 9.17) is 24.3 Å². The first-order chi connectivity index (χ1) is 19.4. The first kappa shape index (κ1) is 32.7. The van der Waals surface area contributed by atoms with E-state index in [9.17, 15) is 24.1 Å². The Hall–Kier alpha value is -2.80. The molecule has 1 aromatic carbocycles. The van der Waals surface area contributed by atoms with Gasteiger partial charge in [-0.2, -0.15) is 5.09 Å². The monoisotopic (exact) mass is 596 g/mol. The van der Waals surface area contributed by atoms with Gasteiger partial charge in [0.2, 0.25) is 0 Å². The van der Waals surface area contributed by atoms with E-state index in [-0.39, 0.29) is 18.3 Å². The van der Waals surface area contributed by atoms with Gasteiger partial charge in [-0.15, -0.1) is 0 Å². The normalized spacial score (nSPS) is 24.6. The van der Waals surface area contributed by atoms with Gasteiger partial charge >= 0.3 is 19.4 Å². The predicted octanol–water partition coefficient (Wildman–Crippen LogP) is 2.45. The molecule has 2 aromatic rings. The molecule has 1 aliphatic heterocycles. The molecule has 1 unspecified atom stereocenters. The standard InChI is InChI=1S/C27H41N4O9P/c1-5-10-19(11-6-2)16-37-24(34)18(3)30-41(36,40-20-12-8-7-9-13-20)38-17-21-23(33)27(4,28)25(39-21)31-15-14-22(32)29-26(31)35/h7-9,12-15,18-19,21,23,25,33H,5-6,10-11,16-17,28H2,1-4H3,(H,30,36)(H,29,32,35)/t18-,21+,23+,25+,27+,41?/m0/s1. The number of nitrogens with zero attached hydrogens (tertiary/aromatic N) is 1. The number of aliphatic hydroxyl groups is 1. The summed E-state index contributed by atoms with van der Waals surface area (Å²) in [7, 11) is -4.25. The predicted molar refractivity (Wildman–Crippen MR) is 151 cm³/mol. The highest BCUT2D eigenvalue weighted by Crippen LogP contribution is 2.46. The Balaban J connectivity index is 1.74. The van der Waals surface area contributed by atoms with Gasteiger partial charge in [0.25, 0.3) is 5.56 Å². The molecule has 228 valence electrons. The minimum Gasteiger partial charge on any atom is -0.464 e. The second kappa shape index (κ2) is 14.4. The molecule has 2 heterocycles. The Kier molecular flexibility index (Phi) is 11.5. The summed E-state index contributed by atoms with van der Waals surface area (Å²) in [6, 6.07) is 8.29. The third-order valence-electron chi connectivity index (χ3n) is 6.87. The largest absolute Gasteiger partial charge is 0.464 e. The van der Waals surface area contributed by atoms with Crippen molar-refractivity contribution < 1.29 is 33.0 Å². The quantitative estimate of drug-likeness (QED) is 0.175. The van der Waals surface area contributed by atoms with Crippen molar-refractivity contribution in [3.05, 3.63) is 63.4 Å². The van der Waals surface area contributed by atoms with Crippen LogP contribution >= 0.6 is 7.75 Å². The molecule has 1 aliphatic rings. The number of aliphatic hydroxyl groups excluding tert-OH is 1. The minimum absolute atomic E-state index is 0.212. The van der Waals surface area contributed by atoms with Gasteiger partial charge in [-0.3, -0.25) is 23.7 Å². The zero-order valence-corrected chi connectivity index (χ0v) is 24.8. The number of hydrogen-bond donors (Lipinski definition) is 4. The summed E-state index contributed by atoms with van der Waals surface area (Å²) in [6.45, 7) is 6.88. The smallest absolute Gasteiger partial charge is 0.459 e. The van der Waals surface area contributed by atoms with Gasteiger partial charge in [0.1, 0.15) is 24.0 Å². The van der Waals surface area contributed by atoms with Crippen LogP contribution in [0.3, 0.4) is 0 Å². The summed E-state index contributed by atoms with van der Waals surface area (Å²) in [5.41, 5.74) is 3.45. The van der Waals surface area contributed by atoms with Gasteiger partial charge in [0.05, 0.1) is 18.8 Å². The summed E-state index contributed by atoms with van der Waals surface area (Å²) in [6.07, 6.45) is 1.32. The lowest BCUT2D eigenvalue weighted by atomic mass is 9.93. The molecule has 0 amide bonds. The number of rotatable bonds is 15. The Morgan fingerprint density at radius 3 is 2.49 bits per heavy atom. The SMILES string of the molecule is CCCC(CCC)COC(=O)[C@H](C)NP(=O)(OC[C@H]1O[C@@H](n2ccc(=O)[nH]c2=O)[C@](C)(N)[C@@H]1O)Oc1ccccc1. The molecule has 0 aliphatic carbocycles. The number of carbonyl (C=O) groups is 1. The maximum atomic E-state index is 13.9. The molecule has 1 aromatic heterocycles. The molecule has 5 N–H and O–H groups in total. The maximum absolute atomic E-state index is 13.9. The second-order valence-electron chi connectivity index (χ2n) is 10.5. The molecule has 3 rings (SSSR count). The van der Waals surface area contributed by atoms with E-state index >= 15 is 0 Å². The van der Waals surface area contributed by atoms with Crippen LogP contribution in [0.4, 0.5) is 0 Å². The molecule has 0 saturated carbocycles. The van der Waals surface area contributed by atoms with Gasteiger partial charge in [0.15, 0.2) is 6.23 Å². The molecule has 6 atom stereocenters. The lowest BCUT2D eigenvalue weighted by Gasteiger charge is -2.28. The van der Waals surface area contributed by atoms with Crippen LogP contribution in [0.15, 0.2) is 52.2 Å². The summed E-state index contributed by atoms with van der Waals surface area (Å²) in [5, 5.41) is 13.5. The van der Waals surface area contributed by atoms with Crippen molar-refractivity contribution in [1.29, 1.82) is 0 Å². The van der Waals surface area contributed by atoms with Gasteiger partial charge < -0.3 is 24.8 Å². The fraction of sp³-hybridized carbons (Fsp3) is 0.593. The molecule has 0 radical (unpaired) electrons. The summed E-state index contributed by atoms with van der Waals surface area (Å²) in [5.74, 6) is -0.171. The number of H-pyrrole nitrogens is 1. The lowest BCUT2D eigenvalue weighted by molar-refractivity contribution is -0.146. The van der Waals surface area contributed by atoms with Crippen molar-refractivity contribution >= 4 is 13.7 Å². The number of para-hydroxylation sites is 1. The third-order valence-corrected chi connectivity index (χ3v) is 8.51. The average molecular weight is 597 g/mol. The zero-order valence-electron chi connectivity index (χ0n) is 23.9. The van der Waals surface area contributed by atoms with Crippen LogP contribution in [-0.2, 0) is 23.4 Å². The highest BCUT2D eigenvalue weighted by Gasteiger charge is 2.52. The number of carbonyl (C=O) groups excluding carboxylic acids is 1. The van der Waals surface area contributed by atoms with E-state index in [1.165, 1.54) is 20.0 Å². The van der Waals surface area contributed by atoms with Crippen LogP contribution in [-0.4, -0.2) is 57.6 Å². The Morgan fingerprint density at radius 2 is 1.88 bits per heavy atom.